The van der Waals surface area contributed by atoms with Gasteiger partial charge in [-0.3, -0.25) is 14.6 Å². The third kappa shape index (κ3) is 3.47. The second kappa shape index (κ2) is 5.74. The molecule has 0 aliphatic carbocycles. The SMILES string of the molecule is CN(C)[n+]1cc(NC(=O)CSc2nccn2C)on1. The van der Waals surface area contributed by atoms with Gasteiger partial charge in [0.15, 0.2) is 5.16 Å². The summed E-state index contributed by atoms with van der Waals surface area (Å²) in [6, 6.07) is 0. The average Bonchev–Trinajstić information content (AvgIpc) is 2.96. The van der Waals surface area contributed by atoms with Gasteiger partial charge in [0.1, 0.15) is 0 Å². The lowest BCUT2D eigenvalue weighted by Gasteiger charge is -2.00. The first-order valence-electron chi connectivity index (χ1n) is 5.52. The molecule has 2 heterocycles. The van der Waals surface area contributed by atoms with Crippen molar-refractivity contribution in [2.45, 2.75) is 5.16 Å². The lowest BCUT2D eigenvalue weighted by molar-refractivity contribution is -0.753. The summed E-state index contributed by atoms with van der Waals surface area (Å²) in [5.74, 6) is 0.391. The number of hydrogen-bond acceptors (Lipinski definition) is 6. The van der Waals surface area contributed by atoms with E-state index in [0.717, 1.165) is 5.16 Å². The Morgan fingerprint density at radius 2 is 2.42 bits per heavy atom. The maximum Gasteiger partial charge on any atom is 0.305 e. The van der Waals surface area contributed by atoms with Crippen LogP contribution in [0.5, 0.6) is 0 Å². The van der Waals surface area contributed by atoms with Crippen molar-refractivity contribution >= 4 is 23.6 Å². The molecule has 0 aromatic carbocycles. The molecule has 8 nitrogen and oxygen atoms in total. The average molecular weight is 283 g/mol. The zero-order chi connectivity index (χ0) is 13.8. The summed E-state index contributed by atoms with van der Waals surface area (Å²) in [7, 11) is 5.50. The molecule has 0 atom stereocenters. The monoisotopic (exact) mass is 283 g/mol. The quantitative estimate of drug-likeness (QED) is 0.595. The van der Waals surface area contributed by atoms with Gasteiger partial charge in [-0.25, -0.2) is 4.98 Å². The molecule has 0 aliphatic rings. The van der Waals surface area contributed by atoms with E-state index in [1.54, 1.807) is 17.4 Å². The van der Waals surface area contributed by atoms with Crippen LogP contribution in [0.15, 0.2) is 28.3 Å². The van der Waals surface area contributed by atoms with Crippen molar-refractivity contribution in [2.24, 2.45) is 7.05 Å². The van der Waals surface area contributed by atoms with E-state index in [1.807, 2.05) is 31.9 Å². The maximum atomic E-state index is 11.7. The number of carbonyl (C=O) groups excluding carboxylic acids is 1. The van der Waals surface area contributed by atoms with E-state index >= 15 is 0 Å². The molecule has 0 saturated heterocycles. The van der Waals surface area contributed by atoms with Gasteiger partial charge in [-0.1, -0.05) is 11.8 Å². The number of nitrogens with one attached hydrogen (secondary N) is 1. The van der Waals surface area contributed by atoms with E-state index < -0.39 is 0 Å². The normalized spacial score (nSPS) is 10.5. The highest BCUT2D eigenvalue weighted by molar-refractivity contribution is 7.99. The smallest absolute Gasteiger partial charge is 0.305 e. The number of imidazole rings is 1. The van der Waals surface area contributed by atoms with Gasteiger partial charge in [0, 0.05) is 19.4 Å². The van der Waals surface area contributed by atoms with Gasteiger partial charge in [-0.15, -0.1) is 0 Å². The Kier molecular flexibility index (Phi) is 4.05. The number of aryl methyl sites for hydroxylation is 1. The van der Waals surface area contributed by atoms with Crippen LogP contribution in [-0.4, -0.2) is 40.6 Å². The number of anilines is 1. The highest BCUT2D eigenvalue weighted by atomic mass is 32.2. The number of thioether (sulfide) groups is 1. The van der Waals surface area contributed by atoms with Crippen LogP contribution < -0.4 is 15.1 Å². The van der Waals surface area contributed by atoms with Crippen LogP contribution in [0.3, 0.4) is 0 Å². The van der Waals surface area contributed by atoms with E-state index in [4.69, 9.17) is 4.52 Å². The number of rotatable bonds is 5. The minimum Gasteiger partial charge on any atom is -0.329 e. The molecule has 1 N–H and O–H groups in total. The molecular weight excluding hydrogens is 268 g/mol. The summed E-state index contributed by atoms with van der Waals surface area (Å²) in [5, 5.41) is 8.85. The molecule has 0 bridgehead atoms. The Bertz CT molecular complexity index is 564. The van der Waals surface area contributed by atoms with Crippen molar-refractivity contribution in [3.05, 3.63) is 18.6 Å². The molecule has 19 heavy (non-hydrogen) atoms. The van der Waals surface area contributed by atoms with Crippen molar-refractivity contribution in [3.63, 3.8) is 0 Å². The predicted octanol–water partition coefficient (Wildman–Crippen LogP) is -0.376. The minimum atomic E-state index is -0.171. The Morgan fingerprint density at radius 3 is 3.00 bits per heavy atom. The van der Waals surface area contributed by atoms with Gasteiger partial charge >= 0.3 is 5.88 Å². The number of amides is 1. The van der Waals surface area contributed by atoms with Crippen molar-refractivity contribution in [3.8, 4) is 0 Å². The van der Waals surface area contributed by atoms with Crippen molar-refractivity contribution in [2.75, 3.05) is 30.2 Å². The Labute approximate surface area is 114 Å². The van der Waals surface area contributed by atoms with Crippen molar-refractivity contribution in [1.29, 1.82) is 0 Å². The van der Waals surface area contributed by atoms with Gasteiger partial charge in [-0.2, -0.15) is 5.01 Å². The lowest BCUT2D eigenvalue weighted by Crippen LogP contribution is -2.53. The first-order valence-corrected chi connectivity index (χ1v) is 6.51. The van der Waals surface area contributed by atoms with Crippen LogP contribution >= 0.6 is 11.8 Å². The van der Waals surface area contributed by atoms with Gasteiger partial charge in [0.05, 0.1) is 24.6 Å². The molecule has 0 radical (unpaired) electrons. The predicted molar refractivity (Wildman–Crippen MR) is 69.3 cm³/mol. The van der Waals surface area contributed by atoms with Gasteiger partial charge < -0.3 is 4.57 Å². The number of carbonyl (C=O) groups is 1. The van der Waals surface area contributed by atoms with Crippen LogP contribution in [0.1, 0.15) is 0 Å². The first-order chi connectivity index (χ1) is 9.06. The van der Waals surface area contributed by atoms with Gasteiger partial charge in [-0.05, 0) is 0 Å². The van der Waals surface area contributed by atoms with E-state index in [1.165, 1.54) is 16.6 Å². The molecule has 2 rings (SSSR count). The Balaban J connectivity index is 1.85. The summed E-state index contributed by atoms with van der Waals surface area (Å²) in [6.07, 6.45) is 5.11. The van der Waals surface area contributed by atoms with Crippen LogP contribution in [0.2, 0.25) is 0 Å². The van der Waals surface area contributed by atoms with E-state index in [0.29, 0.717) is 5.88 Å². The van der Waals surface area contributed by atoms with Gasteiger partial charge in [0.25, 0.3) is 6.20 Å². The summed E-state index contributed by atoms with van der Waals surface area (Å²) in [6.45, 7) is 0. The summed E-state index contributed by atoms with van der Waals surface area (Å²) < 4.78 is 6.82. The molecule has 9 heteroatoms. The molecule has 0 spiro atoms. The third-order valence-corrected chi connectivity index (χ3v) is 3.30. The first kappa shape index (κ1) is 13.4. The molecule has 2 aromatic heterocycles. The molecular formula is C10H15N6O2S+. The van der Waals surface area contributed by atoms with E-state index in [2.05, 4.69) is 15.6 Å². The van der Waals surface area contributed by atoms with E-state index in [9.17, 15) is 4.79 Å². The van der Waals surface area contributed by atoms with E-state index in [-0.39, 0.29) is 11.7 Å². The van der Waals surface area contributed by atoms with Gasteiger partial charge in [0.2, 0.25) is 11.2 Å². The fraction of sp³-hybridized carbons (Fsp3) is 0.400. The topological polar surface area (TPSA) is 80.1 Å². The lowest BCUT2D eigenvalue weighted by atomic mass is 10.6. The zero-order valence-electron chi connectivity index (χ0n) is 10.9. The Morgan fingerprint density at radius 1 is 1.63 bits per heavy atom. The molecule has 0 aliphatic heterocycles. The number of nitrogens with zero attached hydrogens (tertiary/aromatic N) is 5. The molecule has 0 fully saturated rings. The molecule has 0 saturated carbocycles. The van der Waals surface area contributed by atoms with Crippen LogP contribution in [0.25, 0.3) is 0 Å². The molecule has 2 aromatic rings. The third-order valence-electron chi connectivity index (χ3n) is 2.24. The Hall–Kier alpha value is -2.03. The fourth-order valence-electron chi connectivity index (χ4n) is 1.28. The maximum absolute atomic E-state index is 11.7. The zero-order valence-corrected chi connectivity index (χ0v) is 11.7. The highest BCUT2D eigenvalue weighted by Gasteiger charge is 2.16. The van der Waals surface area contributed by atoms with Crippen molar-refractivity contribution < 1.29 is 14.1 Å². The van der Waals surface area contributed by atoms with Crippen molar-refractivity contribution in [1.82, 2.24) is 14.8 Å². The molecule has 102 valence electrons. The number of hydrogen-bond donors (Lipinski definition) is 1. The molecule has 0 unspecified atom stereocenters. The summed E-state index contributed by atoms with van der Waals surface area (Å²) >= 11 is 1.35. The second-order valence-electron chi connectivity index (χ2n) is 3.99. The fourth-order valence-corrected chi connectivity index (χ4v) is 2.01. The standard InChI is InChI=1S/C10H14N6O2S/c1-14(2)16-6-9(18-13-16)12-8(17)7-19-10-11-4-5-15(10)3/h4-6H,7H2,1-3H3/p+1. The number of aromatic nitrogens is 4. The van der Waals surface area contributed by atoms with Crippen LogP contribution in [0.4, 0.5) is 5.88 Å². The highest BCUT2D eigenvalue weighted by Crippen LogP contribution is 2.14. The van der Waals surface area contributed by atoms with Crippen LogP contribution in [0, 0.1) is 0 Å². The molecule has 1 amide bonds. The summed E-state index contributed by atoms with van der Waals surface area (Å²) in [4.78, 5) is 17.3. The van der Waals surface area contributed by atoms with Crippen LogP contribution in [-0.2, 0) is 11.8 Å². The summed E-state index contributed by atoms with van der Waals surface area (Å²) in [5.41, 5.74) is 0. The minimum absolute atomic E-state index is 0.171. The second-order valence-corrected chi connectivity index (χ2v) is 4.93. The largest absolute Gasteiger partial charge is 0.329 e.